The van der Waals surface area contributed by atoms with Crippen LogP contribution < -0.4 is 5.32 Å². The zero-order valence-electron chi connectivity index (χ0n) is 17.0. The summed E-state index contributed by atoms with van der Waals surface area (Å²) in [5, 5.41) is 4.07. The molecule has 1 aliphatic rings. The molecule has 0 spiro atoms. The van der Waals surface area contributed by atoms with Crippen molar-refractivity contribution in [3.63, 3.8) is 0 Å². The summed E-state index contributed by atoms with van der Waals surface area (Å²) in [5.41, 5.74) is 1.79. The topological polar surface area (TPSA) is 67.6 Å². The number of morpholine rings is 1. The molecule has 1 aromatic carbocycles. The van der Waals surface area contributed by atoms with Crippen molar-refractivity contribution in [1.82, 2.24) is 15.2 Å². The van der Waals surface area contributed by atoms with Gasteiger partial charge in [0.25, 0.3) is 0 Å². The molecule has 0 unspecified atom stereocenters. The highest BCUT2D eigenvalue weighted by Gasteiger charge is 2.22. The van der Waals surface area contributed by atoms with Gasteiger partial charge in [-0.1, -0.05) is 43.1 Å². The van der Waals surface area contributed by atoms with Gasteiger partial charge in [-0.05, 0) is 24.6 Å². The van der Waals surface area contributed by atoms with Crippen molar-refractivity contribution >= 4 is 29.1 Å². The second kappa shape index (κ2) is 9.94. The smallest absolute Gasteiger partial charge is 0.226 e. The molecule has 0 aliphatic carbocycles. The van der Waals surface area contributed by atoms with E-state index in [1.165, 1.54) is 0 Å². The summed E-state index contributed by atoms with van der Waals surface area (Å²) < 4.78 is 11.4. The number of carbonyl (C=O) groups is 1. The predicted molar refractivity (Wildman–Crippen MR) is 114 cm³/mol. The van der Waals surface area contributed by atoms with Gasteiger partial charge in [-0.2, -0.15) is 0 Å². The van der Waals surface area contributed by atoms with E-state index in [4.69, 9.17) is 32.4 Å². The number of nitrogens with one attached hydrogen (secondary N) is 1. The van der Waals surface area contributed by atoms with Gasteiger partial charge in [0.05, 0.1) is 34.9 Å². The lowest BCUT2D eigenvalue weighted by atomic mass is 10.2. The van der Waals surface area contributed by atoms with Crippen molar-refractivity contribution in [2.24, 2.45) is 0 Å². The summed E-state index contributed by atoms with van der Waals surface area (Å²) in [6.45, 7) is 9.29. The van der Waals surface area contributed by atoms with Crippen LogP contribution in [0.25, 0.3) is 0 Å². The maximum absolute atomic E-state index is 12.3. The number of halogens is 2. The van der Waals surface area contributed by atoms with Crippen molar-refractivity contribution in [1.29, 1.82) is 0 Å². The number of nitrogens with zero attached hydrogens (tertiary/aromatic N) is 2. The van der Waals surface area contributed by atoms with E-state index in [1.54, 1.807) is 0 Å². The van der Waals surface area contributed by atoms with Crippen LogP contribution in [0.15, 0.2) is 22.6 Å². The number of aromatic nitrogens is 1. The van der Waals surface area contributed by atoms with Crippen molar-refractivity contribution in [2.45, 2.75) is 45.8 Å². The molecule has 6 nitrogen and oxygen atoms in total. The van der Waals surface area contributed by atoms with Gasteiger partial charge in [0.1, 0.15) is 5.76 Å². The van der Waals surface area contributed by atoms with Crippen molar-refractivity contribution in [3.8, 4) is 0 Å². The normalized spacial score (nSPS) is 17.7. The lowest BCUT2D eigenvalue weighted by Crippen LogP contribution is -2.47. The minimum absolute atomic E-state index is 0.0555. The average Bonchev–Trinajstić information content (AvgIpc) is 3.04. The predicted octanol–water partition coefficient (Wildman–Crippen LogP) is 3.97. The van der Waals surface area contributed by atoms with Gasteiger partial charge in [0.2, 0.25) is 5.91 Å². The molecule has 1 aliphatic heterocycles. The average molecular weight is 440 g/mol. The number of rotatable bonds is 7. The van der Waals surface area contributed by atoms with Crippen LogP contribution in [0, 0.1) is 6.92 Å². The number of oxazole rings is 1. The van der Waals surface area contributed by atoms with Crippen LogP contribution in [0.4, 0.5) is 0 Å². The first-order valence-corrected chi connectivity index (χ1v) is 10.6. The fraction of sp³-hybridized carbons (Fsp3) is 0.524. The number of aryl methyl sites for hydroxylation is 1. The van der Waals surface area contributed by atoms with Crippen LogP contribution in [0.2, 0.25) is 10.0 Å². The summed E-state index contributed by atoms with van der Waals surface area (Å²) in [5.74, 6) is 1.48. The Labute approximate surface area is 181 Å². The van der Waals surface area contributed by atoms with Crippen LogP contribution in [0.1, 0.15) is 42.7 Å². The Hall–Kier alpha value is -1.60. The summed E-state index contributed by atoms with van der Waals surface area (Å²) in [6, 6.07) is 5.68. The van der Waals surface area contributed by atoms with Gasteiger partial charge in [0.15, 0.2) is 5.89 Å². The molecular formula is C21H27Cl2N3O3. The molecule has 8 heteroatoms. The third-order valence-corrected chi connectivity index (χ3v) is 5.61. The second-order valence-electron chi connectivity index (χ2n) is 7.67. The van der Waals surface area contributed by atoms with Crippen LogP contribution in [-0.2, 0) is 22.5 Å². The molecule has 158 valence electrons. The SMILES string of the molecule is Cc1oc(C(C)C)nc1CC(=O)NC[C@H]1CN(Cc2ccc(Cl)c(Cl)c2)CCO1. The molecule has 2 heterocycles. The minimum Gasteiger partial charge on any atom is -0.445 e. The van der Waals surface area contributed by atoms with E-state index in [2.05, 4.69) is 15.2 Å². The number of hydrogen-bond donors (Lipinski definition) is 1. The highest BCUT2D eigenvalue weighted by molar-refractivity contribution is 6.42. The summed E-state index contributed by atoms with van der Waals surface area (Å²) in [6.07, 6.45) is 0.155. The largest absolute Gasteiger partial charge is 0.445 e. The Bertz CT molecular complexity index is 854. The van der Waals surface area contributed by atoms with Crippen molar-refractivity contribution in [3.05, 3.63) is 51.2 Å². The van der Waals surface area contributed by atoms with E-state index < -0.39 is 0 Å². The Morgan fingerprint density at radius 1 is 1.34 bits per heavy atom. The fourth-order valence-electron chi connectivity index (χ4n) is 3.25. The maximum atomic E-state index is 12.3. The monoisotopic (exact) mass is 439 g/mol. The molecule has 1 aromatic heterocycles. The standard InChI is InChI=1S/C21H27Cl2N3O3/c1-13(2)21-25-19(14(3)29-21)9-20(27)24-10-16-12-26(6-7-28-16)11-15-4-5-17(22)18(23)8-15/h4-5,8,13,16H,6-7,9-12H2,1-3H3,(H,24,27)/t16-/m0/s1. The van der Waals surface area contributed by atoms with Crippen LogP contribution in [0.5, 0.6) is 0 Å². The number of ether oxygens (including phenoxy) is 1. The Kier molecular flexibility index (Phi) is 7.57. The molecular weight excluding hydrogens is 413 g/mol. The fourth-order valence-corrected chi connectivity index (χ4v) is 3.57. The summed E-state index contributed by atoms with van der Waals surface area (Å²) in [4.78, 5) is 19.1. The number of benzene rings is 1. The molecule has 1 amide bonds. The lowest BCUT2D eigenvalue weighted by molar-refractivity contribution is -0.121. The first-order chi connectivity index (χ1) is 13.8. The molecule has 0 bridgehead atoms. The van der Waals surface area contributed by atoms with E-state index in [-0.39, 0.29) is 24.3 Å². The first kappa shape index (κ1) is 22.1. The molecule has 0 radical (unpaired) electrons. The highest BCUT2D eigenvalue weighted by atomic mass is 35.5. The maximum Gasteiger partial charge on any atom is 0.226 e. The van der Waals surface area contributed by atoms with Gasteiger partial charge in [0, 0.05) is 32.1 Å². The first-order valence-electron chi connectivity index (χ1n) is 9.82. The molecule has 2 aromatic rings. The van der Waals surface area contributed by atoms with E-state index in [0.29, 0.717) is 40.5 Å². The van der Waals surface area contributed by atoms with E-state index in [9.17, 15) is 4.79 Å². The highest BCUT2D eigenvalue weighted by Crippen LogP contribution is 2.23. The quantitative estimate of drug-likeness (QED) is 0.706. The number of carbonyl (C=O) groups excluding carboxylic acids is 1. The van der Waals surface area contributed by atoms with E-state index in [1.807, 2.05) is 39.0 Å². The third kappa shape index (κ3) is 6.19. The lowest BCUT2D eigenvalue weighted by Gasteiger charge is -2.33. The van der Waals surface area contributed by atoms with E-state index >= 15 is 0 Å². The zero-order chi connectivity index (χ0) is 21.0. The molecule has 1 fully saturated rings. The van der Waals surface area contributed by atoms with Crippen molar-refractivity contribution in [2.75, 3.05) is 26.2 Å². The Morgan fingerprint density at radius 3 is 2.83 bits per heavy atom. The molecule has 1 saturated heterocycles. The molecule has 1 N–H and O–H groups in total. The number of hydrogen-bond acceptors (Lipinski definition) is 5. The Balaban J connectivity index is 1.47. The molecule has 1 atom stereocenters. The van der Waals surface area contributed by atoms with Gasteiger partial charge in [-0.25, -0.2) is 4.98 Å². The van der Waals surface area contributed by atoms with Crippen LogP contribution >= 0.6 is 23.2 Å². The van der Waals surface area contributed by atoms with Gasteiger partial charge < -0.3 is 14.5 Å². The molecule has 0 saturated carbocycles. The Morgan fingerprint density at radius 2 is 2.14 bits per heavy atom. The van der Waals surface area contributed by atoms with Gasteiger partial charge in [-0.3, -0.25) is 9.69 Å². The van der Waals surface area contributed by atoms with Crippen LogP contribution in [-0.4, -0.2) is 48.1 Å². The number of amides is 1. The zero-order valence-corrected chi connectivity index (χ0v) is 18.5. The minimum atomic E-state index is -0.0816. The van der Waals surface area contributed by atoms with Gasteiger partial charge >= 0.3 is 0 Å². The molecule has 3 rings (SSSR count). The van der Waals surface area contributed by atoms with Gasteiger partial charge in [-0.15, -0.1) is 0 Å². The third-order valence-electron chi connectivity index (χ3n) is 4.87. The molecule has 29 heavy (non-hydrogen) atoms. The van der Waals surface area contributed by atoms with Crippen LogP contribution in [0.3, 0.4) is 0 Å². The van der Waals surface area contributed by atoms with E-state index in [0.717, 1.165) is 25.2 Å². The summed E-state index contributed by atoms with van der Waals surface area (Å²) >= 11 is 12.1. The summed E-state index contributed by atoms with van der Waals surface area (Å²) in [7, 11) is 0. The van der Waals surface area contributed by atoms with Crippen molar-refractivity contribution < 1.29 is 13.9 Å². The second-order valence-corrected chi connectivity index (χ2v) is 8.48.